The van der Waals surface area contributed by atoms with E-state index in [0.29, 0.717) is 24.3 Å². The zero-order valence-electron chi connectivity index (χ0n) is 14.6. The minimum Gasteiger partial charge on any atom is -0.478 e. The summed E-state index contributed by atoms with van der Waals surface area (Å²) in [5.41, 5.74) is 0.873. The Morgan fingerprint density at radius 1 is 0.500 bits per heavy atom. The molecule has 8 nitrogen and oxygen atoms in total. The van der Waals surface area contributed by atoms with Gasteiger partial charge in [-0.05, 0) is 31.1 Å². The van der Waals surface area contributed by atoms with Gasteiger partial charge in [-0.15, -0.1) is 0 Å². The molecule has 2 aliphatic carbocycles. The topological polar surface area (TPSA) is 149 Å². The molecule has 0 aromatic heterocycles. The summed E-state index contributed by atoms with van der Waals surface area (Å²) in [5, 5.41) is 31.2. The zero-order valence-corrected chi connectivity index (χ0v) is 14.6. The van der Waals surface area contributed by atoms with Gasteiger partial charge in [0.05, 0.1) is 0 Å². The quantitative estimate of drug-likeness (QED) is 0.552. The van der Waals surface area contributed by atoms with Crippen molar-refractivity contribution in [2.75, 3.05) is 0 Å². The van der Waals surface area contributed by atoms with Crippen molar-refractivity contribution in [1.82, 2.24) is 0 Å². The fourth-order valence-electron chi connectivity index (χ4n) is 3.21. The highest BCUT2D eigenvalue weighted by molar-refractivity contribution is 5.90. The molecule has 0 saturated heterocycles. The molecule has 0 aromatic rings. The zero-order chi connectivity index (χ0) is 20.0. The summed E-state index contributed by atoms with van der Waals surface area (Å²) in [6.07, 6.45) is 16.1. The Hall–Kier alpha value is -2.64. The predicted octanol–water partition coefficient (Wildman–Crippen LogP) is 2.93. The largest absolute Gasteiger partial charge is 0.478 e. The summed E-state index contributed by atoms with van der Waals surface area (Å²) >= 11 is 0. The molecule has 2 aliphatic rings. The lowest BCUT2D eigenvalue weighted by molar-refractivity contribution is -0.134. The van der Waals surface area contributed by atoms with E-state index in [1.54, 1.807) is 25.7 Å². The van der Waals surface area contributed by atoms with Crippen LogP contribution in [0.5, 0.6) is 0 Å². The molecule has 2 rings (SSSR count). The monoisotopic (exact) mass is 370 g/mol. The van der Waals surface area contributed by atoms with Crippen molar-refractivity contribution in [3.63, 3.8) is 0 Å². The van der Waals surface area contributed by atoms with Crippen molar-refractivity contribution in [3.8, 4) is 0 Å². The molecule has 26 heavy (non-hydrogen) atoms. The second-order valence-corrected chi connectivity index (χ2v) is 6.29. The highest BCUT2D eigenvalue weighted by Crippen LogP contribution is 2.48. The van der Waals surface area contributed by atoms with E-state index in [-0.39, 0.29) is 0 Å². The first-order valence-corrected chi connectivity index (χ1v) is 8.45. The van der Waals surface area contributed by atoms with Crippen LogP contribution in [0.1, 0.15) is 57.8 Å². The molecule has 0 aromatic carbocycles. The third-order valence-corrected chi connectivity index (χ3v) is 4.32. The molecular formula is C18H26O8. The summed E-state index contributed by atoms with van der Waals surface area (Å²) in [4.78, 5) is 38.2. The first-order valence-electron chi connectivity index (χ1n) is 8.45. The molecule has 8 heteroatoms. The van der Waals surface area contributed by atoms with Crippen LogP contribution in [0.15, 0.2) is 24.3 Å². The maximum Gasteiger partial charge on any atom is 0.328 e. The van der Waals surface area contributed by atoms with Gasteiger partial charge in [-0.2, -0.15) is 0 Å². The highest BCUT2D eigenvalue weighted by atomic mass is 16.4. The summed E-state index contributed by atoms with van der Waals surface area (Å²) in [6, 6.07) is 0. The van der Waals surface area contributed by atoms with Crippen LogP contribution in [-0.2, 0) is 19.2 Å². The molecule has 0 bridgehead atoms. The van der Waals surface area contributed by atoms with Gasteiger partial charge >= 0.3 is 23.9 Å². The third kappa shape index (κ3) is 12.7. The fourth-order valence-corrected chi connectivity index (χ4v) is 3.21. The van der Waals surface area contributed by atoms with Crippen molar-refractivity contribution < 1.29 is 39.6 Å². The number of hydrogen-bond acceptors (Lipinski definition) is 4. The van der Waals surface area contributed by atoms with Crippen molar-refractivity contribution in [2.45, 2.75) is 57.8 Å². The summed E-state index contributed by atoms with van der Waals surface area (Å²) < 4.78 is 0. The Balaban J connectivity index is 0.000000366. The Bertz CT molecular complexity index is 467. The number of hydrogen-bond donors (Lipinski definition) is 4. The molecule has 146 valence electrons. The third-order valence-electron chi connectivity index (χ3n) is 4.32. The molecule has 2 fully saturated rings. The van der Waals surface area contributed by atoms with Gasteiger partial charge in [0.25, 0.3) is 0 Å². The molecule has 4 N–H and O–H groups in total. The van der Waals surface area contributed by atoms with E-state index in [4.69, 9.17) is 20.4 Å². The lowest BCUT2D eigenvalue weighted by Gasteiger charge is -2.32. The van der Waals surface area contributed by atoms with Gasteiger partial charge in [0.2, 0.25) is 0 Å². The molecule has 2 saturated carbocycles. The lowest BCUT2D eigenvalue weighted by Crippen LogP contribution is -2.19. The van der Waals surface area contributed by atoms with Crippen LogP contribution in [0.25, 0.3) is 0 Å². The van der Waals surface area contributed by atoms with Gasteiger partial charge in [0, 0.05) is 24.3 Å². The molecule has 0 aliphatic heterocycles. The first-order chi connectivity index (χ1) is 12.2. The molecule has 1 spiro atoms. The van der Waals surface area contributed by atoms with Crippen molar-refractivity contribution in [3.05, 3.63) is 24.3 Å². The van der Waals surface area contributed by atoms with Crippen LogP contribution in [0.3, 0.4) is 0 Å². The SMILES string of the molecule is C1CCC2(CC1)CCCC2.O=C(O)/C=C\C(=O)O.O=C(O)/C=C\C(=O)O. The van der Waals surface area contributed by atoms with Gasteiger partial charge in [-0.3, -0.25) is 0 Å². The second-order valence-electron chi connectivity index (χ2n) is 6.29. The summed E-state index contributed by atoms with van der Waals surface area (Å²) in [5.74, 6) is -5.03. The van der Waals surface area contributed by atoms with Crippen LogP contribution >= 0.6 is 0 Å². The van der Waals surface area contributed by atoms with Gasteiger partial charge < -0.3 is 20.4 Å². The summed E-state index contributed by atoms with van der Waals surface area (Å²) in [7, 11) is 0. The molecule has 0 unspecified atom stereocenters. The highest BCUT2D eigenvalue weighted by Gasteiger charge is 2.34. The molecule has 0 radical (unpaired) electrons. The van der Waals surface area contributed by atoms with Crippen LogP contribution in [-0.4, -0.2) is 44.3 Å². The van der Waals surface area contributed by atoms with Crippen LogP contribution < -0.4 is 0 Å². The molecule has 0 atom stereocenters. The molecular weight excluding hydrogens is 344 g/mol. The van der Waals surface area contributed by atoms with Crippen molar-refractivity contribution >= 4 is 23.9 Å². The molecule has 0 heterocycles. The second kappa shape index (κ2) is 12.7. The standard InChI is InChI=1S/C10H18.2C4H4O4/c1-2-6-10(7-3-1)8-4-5-9-10;2*5-3(6)1-2-4(7)8/h1-9H2;2*1-2H,(H,5,6)(H,7,8)/b;2*2-1-. The van der Waals surface area contributed by atoms with Gasteiger partial charge in [0.15, 0.2) is 0 Å². The van der Waals surface area contributed by atoms with E-state index in [1.807, 2.05) is 0 Å². The average Bonchev–Trinajstić information content (AvgIpc) is 3.01. The lowest BCUT2D eigenvalue weighted by atomic mass is 9.73. The van der Waals surface area contributed by atoms with Gasteiger partial charge in [0.1, 0.15) is 0 Å². The van der Waals surface area contributed by atoms with Crippen LogP contribution in [0, 0.1) is 5.41 Å². The smallest absolute Gasteiger partial charge is 0.328 e. The van der Waals surface area contributed by atoms with E-state index < -0.39 is 23.9 Å². The summed E-state index contributed by atoms with van der Waals surface area (Å²) in [6.45, 7) is 0. The number of carboxylic acids is 4. The first kappa shape index (κ1) is 23.4. The van der Waals surface area contributed by atoms with E-state index in [2.05, 4.69) is 0 Å². The van der Waals surface area contributed by atoms with E-state index in [9.17, 15) is 19.2 Å². The van der Waals surface area contributed by atoms with Gasteiger partial charge in [-0.1, -0.05) is 32.1 Å². The van der Waals surface area contributed by atoms with Crippen LogP contribution in [0.2, 0.25) is 0 Å². The number of carboxylic acid groups (broad SMARTS) is 4. The maximum absolute atomic E-state index is 9.55. The van der Waals surface area contributed by atoms with Gasteiger partial charge in [-0.25, -0.2) is 19.2 Å². The van der Waals surface area contributed by atoms with Crippen LogP contribution in [0.4, 0.5) is 0 Å². The average molecular weight is 370 g/mol. The van der Waals surface area contributed by atoms with Crippen molar-refractivity contribution in [1.29, 1.82) is 0 Å². The predicted molar refractivity (Wildman–Crippen MR) is 92.8 cm³/mol. The Kier molecular flexibility index (Phi) is 11.4. The number of aliphatic carboxylic acids is 4. The number of carbonyl (C=O) groups is 4. The van der Waals surface area contributed by atoms with E-state index in [0.717, 1.165) is 5.41 Å². The maximum atomic E-state index is 9.55. The minimum absolute atomic E-state index is 0.558. The Morgan fingerprint density at radius 3 is 0.962 bits per heavy atom. The minimum atomic E-state index is -1.26. The normalized spacial score (nSPS) is 17.8. The van der Waals surface area contributed by atoms with Crippen molar-refractivity contribution in [2.24, 2.45) is 5.41 Å². The number of rotatable bonds is 4. The fraction of sp³-hybridized carbons (Fsp3) is 0.556. The Labute approximate surface area is 151 Å². The van der Waals surface area contributed by atoms with E-state index in [1.165, 1.54) is 32.1 Å². The van der Waals surface area contributed by atoms with E-state index >= 15 is 0 Å². The molecule has 0 amide bonds. The Morgan fingerprint density at radius 2 is 0.731 bits per heavy atom.